The lowest BCUT2D eigenvalue weighted by Crippen LogP contribution is -2.04. The van der Waals surface area contributed by atoms with E-state index < -0.39 is 17.9 Å². The molecule has 0 aromatic rings. The van der Waals surface area contributed by atoms with Crippen LogP contribution in [0.3, 0.4) is 0 Å². The van der Waals surface area contributed by atoms with Crippen LogP contribution in [0.1, 0.15) is 12.8 Å². The van der Waals surface area contributed by atoms with E-state index in [2.05, 4.69) is 13.2 Å². The number of hydrogen-bond donors (Lipinski definition) is 3. The van der Waals surface area contributed by atoms with Crippen LogP contribution in [0.4, 0.5) is 0 Å². The van der Waals surface area contributed by atoms with E-state index in [0.29, 0.717) is 25.0 Å². The Morgan fingerprint density at radius 3 is 1.61 bits per heavy atom. The van der Waals surface area contributed by atoms with Crippen molar-refractivity contribution in [3.8, 4) is 0 Å². The molecule has 0 bridgehead atoms. The Hall–Kier alpha value is -2.45. The summed E-state index contributed by atoms with van der Waals surface area (Å²) in [5.74, 6) is -2.80. The lowest BCUT2D eigenvalue weighted by molar-refractivity contribution is -0.133. The van der Waals surface area contributed by atoms with Crippen molar-refractivity contribution in [3.63, 3.8) is 0 Å². The first-order chi connectivity index (χ1) is 10.8. The van der Waals surface area contributed by atoms with E-state index in [0.717, 1.165) is 18.8 Å². The van der Waals surface area contributed by atoms with E-state index in [-0.39, 0.29) is 12.2 Å². The summed E-state index contributed by atoms with van der Waals surface area (Å²) in [5, 5.41) is 24.0. The highest BCUT2D eigenvalue weighted by Gasteiger charge is 2.27. The summed E-state index contributed by atoms with van der Waals surface area (Å²) >= 11 is 0. The van der Waals surface area contributed by atoms with Crippen LogP contribution in [0.15, 0.2) is 37.0 Å². The third-order valence-electron chi connectivity index (χ3n) is 2.50. The second-order valence-electron chi connectivity index (χ2n) is 4.47. The molecule has 0 spiro atoms. The fourth-order valence-corrected chi connectivity index (χ4v) is 1.17. The highest BCUT2D eigenvalue weighted by atomic mass is 16.6. The molecule has 8 nitrogen and oxygen atoms in total. The zero-order valence-corrected chi connectivity index (χ0v) is 12.5. The van der Waals surface area contributed by atoms with Gasteiger partial charge < -0.3 is 24.8 Å². The molecule has 2 rings (SSSR count). The molecule has 2 fully saturated rings. The van der Waals surface area contributed by atoms with Gasteiger partial charge in [-0.1, -0.05) is 19.2 Å². The highest BCUT2D eigenvalue weighted by molar-refractivity contribution is 5.86. The Morgan fingerprint density at radius 2 is 1.35 bits per heavy atom. The monoisotopic (exact) mass is 328 g/mol. The number of hydrogen-bond acceptors (Lipinski definition) is 5. The van der Waals surface area contributed by atoms with Gasteiger partial charge in [-0.05, 0) is 6.42 Å². The van der Waals surface area contributed by atoms with Crippen molar-refractivity contribution in [1.29, 1.82) is 0 Å². The fraction of sp³-hybridized carbons (Fsp3) is 0.400. The van der Waals surface area contributed by atoms with Crippen LogP contribution < -0.4 is 0 Å². The van der Waals surface area contributed by atoms with E-state index in [4.69, 9.17) is 24.8 Å². The summed E-state index contributed by atoms with van der Waals surface area (Å²) in [5.41, 5.74) is 0.456. The van der Waals surface area contributed by atoms with Crippen LogP contribution in [0.2, 0.25) is 0 Å². The van der Waals surface area contributed by atoms with Gasteiger partial charge in [0.25, 0.3) is 0 Å². The Balaban J connectivity index is 0.000000406. The predicted octanol–water partition coefficient (Wildman–Crippen LogP) is 1.09. The standard InChI is InChI=1S/C9H12O4.2C3H4O2/c10-9(11)6(3-8-5-13-8)1-2-7-4-12-7;2*1-2-3(4)5/h1,7-8H,2-5H2,(H,10,11);2*2H,1H2,(H,4,5). The topological polar surface area (TPSA) is 137 Å². The molecule has 2 atom stereocenters. The SMILES string of the molecule is C=CC(=O)O.C=CC(=O)O.O=C(O)C(=CCC1CO1)CC1CO1. The molecule has 128 valence electrons. The number of carboxylic acid groups (broad SMARTS) is 3. The molecule has 0 aliphatic carbocycles. The van der Waals surface area contributed by atoms with E-state index in [1.165, 1.54) is 0 Å². The van der Waals surface area contributed by atoms with Gasteiger partial charge >= 0.3 is 17.9 Å². The van der Waals surface area contributed by atoms with E-state index >= 15 is 0 Å². The fourth-order valence-electron chi connectivity index (χ4n) is 1.17. The van der Waals surface area contributed by atoms with Crippen molar-refractivity contribution in [1.82, 2.24) is 0 Å². The molecule has 0 aromatic carbocycles. The molecule has 2 aliphatic rings. The lowest BCUT2D eigenvalue weighted by atomic mass is 10.1. The molecule has 0 radical (unpaired) electrons. The minimum Gasteiger partial charge on any atom is -0.478 e. The first kappa shape index (κ1) is 20.6. The molecule has 0 amide bonds. The Morgan fingerprint density at radius 1 is 0.957 bits per heavy atom. The molecule has 23 heavy (non-hydrogen) atoms. The van der Waals surface area contributed by atoms with Gasteiger partial charge in [-0.2, -0.15) is 0 Å². The van der Waals surface area contributed by atoms with Crippen LogP contribution in [0.5, 0.6) is 0 Å². The average molecular weight is 328 g/mol. The van der Waals surface area contributed by atoms with Crippen LogP contribution in [0, 0.1) is 0 Å². The molecule has 0 aromatic heterocycles. The second-order valence-corrected chi connectivity index (χ2v) is 4.47. The van der Waals surface area contributed by atoms with Gasteiger partial charge in [0.1, 0.15) is 0 Å². The maximum atomic E-state index is 10.7. The van der Waals surface area contributed by atoms with Gasteiger partial charge in [0.15, 0.2) is 0 Å². The predicted molar refractivity (Wildman–Crippen MR) is 80.1 cm³/mol. The normalized spacial score (nSPS) is 20.6. The van der Waals surface area contributed by atoms with Gasteiger partial charge in [0.05, 0.1) is 25.4 Å². The van der Waals surface area contributed by atoms with Crippen LogP contribution in [-0.4, -0.2) is 58.6 Å². The first-order valence-electron chi connectivity index (χ1n) is 6.66. The molecule has 2 aliphatic heterocycles. The Kier molecular flexibility index (Phi) is 9.97. The maximum Gasteiger partial charge on any atom is 0.331 e. The summed E-state index contributed by atoms with van der Waals surface area (Å²) < 4.78 is 9.97. The third kappa shape index (κ3) is 14.3. The van der Waals surface area contributed by atoms with Crippen LogP contribution in [0.25, 0.3) is 0 Å². The Bertz CT molecular complexity index is 454. The van der Waals surface area contributed by atoms with Crippen molar-refractivity contribution < 1.29 is 39.2 Å². The molecular formula is C15H20O8. The zero-order valence-electron chi connectivity index (χ0n) is 12.5. The van der Waals surface area contributed by atoms with Crippen molar-refractivity contribution >= 4 is 17.9 Å². The van der Waals surface area contributed by atoms with Crippen LogP contribution >= 0.6 is 0 Å². The molecular weight excluding hydrogens is 308 g/mol. The summed E-state index contributed by atoms with van der Waals surface area (Å²) in [7, 11) is 0. The van der Waals surface area contributed by atoms with Crippen molar-refractivity contribution in [2.24, 2.45) is 0 Å². The minimum absolute atomic E-state index is 0.141. The van der Waals surface area contributed by atoms with Crippen LogP contribution in [-0.2, 0) is 23.9 Å². The van der Waals surface area contributed by atoms with E-state index in [1.807, 2.05) is 0 Å². The van der Waals surface area contributed by atoms with Crippen molar-refractivity contribution in [2.45, 2.75) is 25.0 Å². The second kappa shape index (κ2) is 11.2. The highest BCUT2D eigenvalue weighted by Crippen LogP contribution is 2.21. The van der Waals surface area contributed by atoms with Crippen molar-refractivity contribution in [2.75, 3.05) is 13.2 Å². The van der Waals surface area contributed by atoms with Gasteiger partial charge in [-0.15, -0.1) is 0 Å². The minimum atomic E-state index is -0.981. The molecule has 2 saturated heterocycles. The number of carboxylic acids is 3. The number of ether oxygens (including phenoxy) is 2. The van der Waals surface area contributed by atoms with Gasteiger partial charge in [0, 0.05) is 24.1 Å². The Labute approximate surface area is 133 Å². The van der Waals surface area contributed by atoms with Gasteiger partial charge in [0.2, 0.25) is 0 Å². The number of aliphatic carboxylic acids is 3. The smallest absolute Gasteiger partial charge is 0.331 e. The van der Waals surface area contributed by atoms with E-state index in [9.17, 15) is 14.4 Å². The van der Waals surface area contributed by atoms with Gasteiger partial charge in [-0.25, -0.2) is 14.4 Å². The third-order valence-corrected chi connectivity index (χ3v) is 2.50. The largest absolute Gasteiger partial charge is 0.478 e. The molecule has 2 heterocycles. The summed E-state index contributed by atoms with van der Waals surface area (Å²) in [6.07, 6.45) is 5.06. The lowest BCUT2D eigenvalue weighted by Gasteiger charge is -1.97. The number of epoxide rings is 2. The number of carbonyl (C=O) groups is 3. The summed E-state index contributed by atoms with van der Waals surface area (Å²) in [6.45, 7) is 7.39. The van der Waals surface area contributed by atoms with Crippen molar-refractivity contribution in [3.05, 3.63) is 37.0 Å². The maximum absolute atomic E-state index is 10.7. The molecule has 3 N–H and O–H groups in total. The molecule has 2 unspecified atom stereocenters. The quantitative estimate of drug-likeness (QED) is 0.466. The number of rotatable bonds is 7. The summed E-state index contributed by atoms with van der Waals surface area (Å²) in [4.78, 5) is 29.2. The average Bonchev–Trinajstić information content (AvgIpc) is 3.38. The van der Waals surface area contributed by atoms with E-state index in [1.54, 1.807) is 6.08 Å². The summed E-state index contributed by atoms with van der Waals surface area (Å²) in [6, 6.07) is 0. The first-order valence-corrected chi connectivity index (χ1v) is 6.66. The molecule has 0 saturated carbocycles. The zero-order chi connectivity index (χ0) is 17.8. The molecule has 8 heteroatoms. The van der Waals surface area contributed by atoms with Gasteiger partial charge in [-0.3, -0.25) is 0 Å².